The first kappa shape index (κ1) is 27.9. The third-order valence-electron chi connectivity index (χ3n) is 4.40. The van der Waals surface area contributed by atoms with Gasteiger partial charge in [-0.3, -0.25) is 14.3 Å². The van der Waals surface area contributed by atoms with E-state index in [0.29, 0.717) is 44.0 Å². The maximum atomic E-state index is 11.6. The van der Waals surface area contributed by atoms with Crippen LogP contribution >= 0.6 is 46.4 Å². The summed E-state index contributed by atoms with van der Waals surface area (Å²) in [6, 6.07) is 18.5. The Morgan fingerprint density at radius 3 is 2.25 bits per heavy atom. The number of amides is 1. The molecule has 4 rings (SSSR count). The molecule has 2 N–H and O–H groups in total. The highest BCUT2D eigenvalue weighted by Crippen LogP contribution is 2.35. The molecule has 0 bridgehead atoms. The van der Waals surface area contributed by atoms with Crippen LogP contribution in [0.15, 0.2) is 77.4 Å². The van der Waals surface area contributed by atoms with Crippen molar-refractivity contribution in [2.24, 2.45) is 0 Å². The van der Waals surface area contributed by atoms with Gasteiger partial charge in [-0.1, -0.05) is 88.0 Å². The summed E-state index contributed by atoms with van der Waals surface area (Å²) < 4.78 is 34.5. The van der Waals surface area contributed by atoms with Gasteiger partial charge in [-0.05, 0) is 29.8 Å². The average molecular weight is 589 g/mol. The maximum absolute atomic E-state index is 11.6. The number of nitrogens with zero attached hydrogens (tertiary/aromatic N) is 2. The molecule has 0 saturated heterocycles. The molecule has 2 heterocycles. The lowest BCUT2D eigenvalue weighted by Crippen LogP contribution is -2.18. The molecule has 0 spiro atoms. The Hall–Kier alpha value is -2.66. The largest absolute Gasteiger partial charge is 0.354 e. The lowest BCUT2D eigenvalue weighted by Gasteiger charge is -2.05. The number of benzene rings is 2. The Bertz CT molecular complexity index is 1430. The van der Waals surface area contributed by atoms with Crippen molar-refractivity contribution in [1.29, 1.82) is 0 Å². The Morgan fingerprint density at radius 2 is 1.64 bits per heavy atom. The number of hydrogen-bond donors (Lipinski definition) is 2. The van der Waals surface area contributed by atoms with Crippen LogP contribution in [0.3, 0.4) is 0 Å². The van der Waals surface area contributed by atoms with Crippen molar-refractivity contribution in [3.05, 3.63) is 88.5 Å². The van der Waals surface area contributed by atoms with E-state index in [1.807, 2.05) is 0 Å². The summed E-state index contributed by atoms with van der Waals surface area (Å²) in [5.41, 5.74) is 2.56. The first-order valence-electron chi connectivity index (χ1n) is 9.99. The van der Waals surface area contributed by atoms with Gasteiger partial charge in [0, 0.05) is 23.5 Å². The number of nitrogens with one attached hydrogen (secondary N) is 1. The fourth-order valence-electron chi connectivity index (χ4n) is 2.88. The van der Waals surface area contributed by atoms with E-state index in [1.165, 1.54) is 6.20 Å². The molecule has 0 unspecified atom stereocenters. The van der Waals surface area contributed by atoms with Gasteiger partial charge in [0.05, 0.1) is 10.0 Å². The predicted molar refractivity (Wildman–Crippen MR) is 141 cm³/mol. The Kier molecular flexibility index (Phi) is 9.72. The Morgan fingerprint density at radius 1 is 0.972 bits per heavy atom. The number of alkyl halides is 2. The molecule has 0 saturated carbocycles. The van der Waals surface area contributed by atoms with Gasteiger partial charge in [-0.15, -0.1) is 0 Å². The minimum absolute atomic E-state index is 0.312. The molecule has 2 aromatic heterocycles. The Balaban J connectivity index is 0.000000275. The van der Waals surface area contributed by atoms with Crippen LogP contribution in [-0.4, -0.2) is 33.9 Å². The van der Waals surface area contributed by atoms with E-state index in [0.717, 1.165) is 0 Å². The summed E-state index contributed by atoms with van der Waals surface area (Å²) in [4.78, 5) is 14.6. The van der Waals surface area contributed by atoms with Gasteiger partial charge in [0.25, 0.3) is 16.0 Å². The summed E-state index contributed by atoms with van der Waals surface area (Å²) in [7, 11) is -3.88. The number of halogens is 4. The van der Waals surface area contributed by atoms with Crippen molar-refractivity contribution >= 4 is 68.1 Å². The van der Waals surface area contributed by atoms with Gasteiger partial charge in [0.2, 0.25) is 0 Å². The van der Waals surface area contributed by atoms with Crippen LogP contribution < -0.4 is 5.32 Å². The molecule has 0 fully saturated rings. The molecule has 1 amide bonds. The fourth-order valence-corrected chi connectivity index (χ4v) is 4.19. The van der Waals surface area contributed by atoms with E-state index >= 15 is 0 Å². The zero-order valence-electron chi connectivity index (χ0n) is 18.1. The third-order valence-corrected chi connectivity index (χ3v) is 6.12. The van der Waals surface area contributed by atoms with Crippen LogP contribution in [0.25, 0.3) is 22.7 Å². The molecule has 2 aromatic carbocycles. The molecule has 0 aliphatic heterocycles. The average Bonchev–Trinajstić information content (AvgIpc) is 3.29. The highest BCUT2D eigenvalue weighted by Gasteiger charge is 2.16. The molecule has 188 valence electrons. The van der Waals surface area contributed by atoms with Crippen molar-refractivity contribution in [3.8, 4) is 22.7 Å². The monoisotopic (exact) mass is 587 g/mol. The molecule has 0 aliphatic carbocycles. The van der Waals surface area contributed by atoms with E-state index in [2.05, 4.69) is 15.5 Å². The molecule has 36 heavy (non-hydrogen) atoms. The standard InChI is InChI=1S/C16H9Cl4N3O2.C7H8O3S/c17-9-2-1-3-10(18)14(9)12-7-13(25-23-12)11-6-8(4-5-21-11)22-16(24)15(19)20;8-11(9,10)6-7-4-2-1-3-5-7/h1-7,15H,(H,21,22,24);1-5H,6H2,(H,8,9,10). The second-order valence-corrected chi connectivity index (χ2v) is 10.5. The van der Waals surface area contributed by atoms with Crippen molar-refractivity contribution in [2.75, 3.05) is 5.32 Å². The lowest BCUT2D eigenvalue weighted by molar-refractivity contribution is -0.114. The van der Waals surface area contributed by atoms with E-state index in [9.17, 15) is 13.2 Å². The molecular weight excluding hydrogens is 572 g/mol. The summed E-state index contributed by atoms with van der Waals surface area (Å²) in [6.45, 7) is 0. The number of rotatable bonds is 6. The van der Waals surface area contributed by atoms with E-state index in [1.54, 1.807) is 66.7 Å². The second kappa shape index (κ2) is 12.5. The normalized spacial score (nSPS) is 11.1. The van der Waals surface area contributed by atoms with Gasteiger partial charge >= 0.3 is 0 Å². The smallest absolute Gasteiger partial charge is 0.269 e. The molecule has 0 radical (unpaired) electrons. The number of anilines is 1. The number of aromatic nitrogens is 2. The summed E-state index contributed by atoms with van der Waals surface area (Å²) in [5.74, 6) is -0.467. The summed E-state index contributed by atoms with van der Waals surface area (Å²) in [6.07, 6.45) is 1.51. The van der Waals surface area contributed by atoms with Gasteiger partial charge < -0.3 is 9.84 Å². The lowest BCUT2D eigenvalue weighted by atomic mass is 10.1. The van der Waals surface area contributed by atoms with Crippen LogP contribution in [0, 0.1) is 0 Å². The minimum atomic E-state index is -3.88. The quantitative estimate of drug-likeness (QED) is 0.194. The molecule has 0 atom stereocenters. The SMILES string of the molecule is O=C(Nc1ccnc(-c2cc(-c3c(Cl)cccc3Cl)no2)c1)C(Cl)Cl.O=S(=O)(O)Cc1ccccc1. The predicted octanol–water partition coefficient (Wildman–Crippen LogP) is 6.53. The first-order valence-corrected chi connectivity index (χ1v) is 13.2. The number of pyridine rings is 1. The van der Waals surface area contributed by atoms with Gasteiger partial charge in [-0.25, -0.2) is 0 Å². The first-order chi connectivity index (χ1) is 17.0. The third kappa shape index (κ3) is 8.19. The highest BCUT2D eigenvalue weighted by molar-refractivity contribution is 7.85. The highest BCUT2D eigenvalue weighted by atomic mass is 35.5. The van der Waals surface area contributed by atoms with Crippen molar-refractivity contribution in [1.82, 2.24) is 10.1 Å². The van der Waals surface area contributed by atoms with Crippen LogP contribution in [0.1, 0.15) is 5.56 Å². The minimum Gasteiger partial charge on any atom is -0.354 e. The molecule has 8 nitrogen and oxygen atoms in total. The summed E-state index contributed by atoms with van der Waals surface area (Å²) >= 11 is 23.4. The number of hydrogen-bond acceptors (Lipinski definition) is 6. The van der Waals surface area contributed by atoms with E-state index < -0.39 is 20.9 Å². The van der Waals surface area contributed by atoms with Crippen LogP contribution in [0.2, 0.25) is 10.0 Å². The van der Waals surface area contributed by atoms with Gasteiger partial charge in [0.1, 0.15) is 17.1 Å². The number of carbonyl (C=O) groups is 1. The molecule has 4 aromatic rings. The topological polar surface area (TPSA) is 122 Å². The van der Waals surface area contributed by atoms with Gasteiger partial charge in [-0.2, -0.15) is 8.42 Å². The van der Waals surface area contributed by atoms with E-state index in [4.69, 9.17) is 55.5 Å². The van der Waals surface area contributed by atoms with Crippen LogP contribution in [0.5, 0.6) is 0 Å². The number of carbonyl (C=O) groups excluding carboxylic acids is 1. The second-order valence-electron chi connectivity index (χ2n) is 7.10. The zero-order chi connectivity index (χ0) is 26.3. The summed E-state index contributed by atoms with van der Waals surface area (Å²) in [5, 5.41) is 7.46. The zero-order valence-corrected chi connectivity index (χ0v) is 21.9. The molecule has 13 heteroatoms. The van der Waals surface area contributed by atoms with Gasteiger partial charge in [0.15, 0.2) is 10.6 Å². The van der Waals surface area contributed by atoms with Crippen molar-refractivity contribution in [3.63, 3.8) is 0 Å². The van der Waals surface area contributed by atoms with Crippen LogP contribution in [0.4, 0.5) is 5.69 Å². The molecule has 0 aliphatic rings. The van der Waals surface area contributed by atoms with Crippen molar-refractivity contribution < 1.29 is 22.3 Å². The van der Waals surface area contributed by atoms with Crippen LogP contribution in [-0.2, 0) is 20.7 Å². The van der Waals surface area contributed by atoms with E-state index in [-0.39, 0.29) is 5.75 Å². The molecular formula is C23H17Cl4N3O5S. The fraction of sp³-hybridized carbons (Fsp3) is 0.0870. The maximum Gasteiger partial charge on any atom is 0.269 e. The van der Waals surface area contributed by atoms with Crippen molar-refractivity contribution in [2.45, 2.75) is 10.6 Å². The Labute approximate surface area is 226 Å².